The Morgan fingerprint density at radius 1 is 1.16 bits per heavy atom. The number of halogens is 2. The third-order valence-electron chi connectivity index (χ3n) is 3.07. The van der Waals surface area contributed by atoms with Gasteiger partial charge in [0.2, 0.25) is 0 Å². The van der Waals surface area contributed by atoms with Gasteiger partial charge in [-0.05, 0) is 55.7 Å². The zero-order chi connectivity index (χ0) is 14.2. The zero-order valence-corrected chi connectivity index (χ0v) is 11.8. The summed E-state index contributed by atoms with van der Waals surface area (Å²) in [6.45, 7) is 5.17. The van der Waals surface area contributed by atoms with Gasteiger partial charge in [0.15, 0.2) is 5.78 Å². The first-order valence-corrected chi connectivity index (χ1v) is 6.35. The second kappa shape index (κ2) is 5.14. The van der Waals surface area contributed by atoms with E-state index in [-0.39, 0.29) is 11.6 Å². The zero-order valence-electron chi connectivity index (χ0n) is 11.1. The summed E-state index contributed by atoms with van der Waals surface area (Å²) in [4.78, 5) is 11.3. The summed E-state index contributed by atoms with van der Waals surface area (Å²) in [5.41, 5.74) is 3.40. The van der Waals surface area contributed by atoms with Crippen molar-refractivity contribution in [2.75, 3.05) is 0 Å². The van der Waals surface area contributed by atoms with Gasteiger partial charge in [0, 0.05) is 11.1 Å². The first kappa shape index (κ1) is 13.8. The van der Waals surface area contributed by atoms with E-state index in [4.69, 9.17) is 11.6 Å². The Morgan fingerprint density at radius 2 is 1.84 bits per heavy atom. The van der Waals surface area contributed by atoms with Crippen LogP contribution < -0.4 is 0 Å². The van der Waals surface area contributed by atoms with E-state index >= 15 is 0 Å². The number of Topliss-reactive ketones (excluding diaryl/α,β-unsaturated/α-hetero) is 1. The van der Waals surface area contributed by atoms with Crippen molar-refractivity contribution in [2.45, 2.75) is 20.8 Å². The molecule has 0 aliphatic rings. The molecule has 0 heterocycles. The molecule has 0 radical (unpaired) electrons. The monoisotopic (exact) mass is 276 g/mol. The summed E-state index contributed by atoms with van der Waals surface area (Å²) in [7, 11) is 0. The van der Waals surface area contributed by atoms with Gasteiger partial charge >= 0.3 is 0 Å². The van der Waals surface area contributed by atoms with Crippen molar-refractivity contribution >= 4 is 17.4 Å². The summed E-state index contributed by atoms with van der Waals surface area (Å²) in [5, 5.41) is 0.351. The Kier molecular flexibility index (Phi) is 3.72. The van der Waals surface area contributed by atoms with E-state index in [2.05, 4.69) is 0 Å². The highest BCUT2D eigenvalue weighted by Crippen LogP contribution is 2.31. The number of carbonyl (C=O) groups is 1. The van der Waals surface area contributed by atoms with E-state index in [0.29, 0.717) is 21.7 Å². The number of hydrogen-bond acceptors (Lipinski definition) is 1. The van der Waals surface area contributed by atoms with Gasteiger partial charge in [-0.1, -0.05) is 23.7 Å². The molecule has 1 nitrogen and oxygen atoms in total. The van der Waals surface area contributed by atoms with Crippen molar-refractivity contribution < 1.29 is 9.18 Å². The van der Waals surface area contributed by atoms with Crippen LogP contribution in [0.25, 0.3) is 11.1 Å². The smallest absolute Gasteiger partial charge is 0.161 e. The first-order chi connectivity index (χ1) is 8.90. The van der Waals surface area contributed by atoms with Crippen LogP contribution in [0.4, 0.5) is 4.39 Å². The maximum atomic E-state index is 14.1. The van der Waals surface area contributed by atoms with Crippen LogP contribution in [0.1, 0.15) is 28.4 Å². The van der Waals surface area contributed by atoms with E-state index in [1.807, 2.05) is 19.9 Å². The quantitative estimate of drug-likeness (QED) is 0.708. The fraction of sp³-hybridized carbons (Fsp3) is 0.188. The van der Waals surface area contributed by atoms with Crippen LogP contribution in [-0.4, -0.2) is 5.78 Å². The van der Waals surface area contributed by atoms with Crippen molar-refractivity contribution in [1.82, 2.24) is 0 Å². The van der Waals surface area contributed by atoms with Gasteiger partial charge in [-0.25, -0.2) is 4.39 Å². The Hall–Kier alpha value is -1.67. The van der Waals surface area contributed by atoms with Gasteiger partial charge in [0.25, 0.3) is 0 Å². The third-order valence-corrected chi connectivity index (χ3v) is 3.38. The Bertz CT molecular complexity index is 639. The molecule has 0 aromatic heterocycles. The number of hydrogen-bond donors (Lipinski definition) is 0. The Balaban J connectivity index is 2.61. The van der Waals surface area contributed by atoms with E-state index in [1.165, 1.54) is 13.0 Å². The minimum atomic E-state index is -0.274. The molecular formula is C16H14ClFO. The van der Waals surface area contributed by atoms with Crippen LogP contribution >= 0.6 is 11.6 Å². The first-order valence-electron chi connectivity index (χ1n) is 5.97. The van der Waals surface area contributed by atoms with Gasteiger partial charge in [0.1, 0.15) is 5.82 Å². The molecule has 0 unspecified atom stereocenters. The van der Waals surface area contributed by atoms with Gasteiger partial charge in [0.05, 0.1) is 5.02 Å². The van der Waals surface area contributed by atoms with Crippen LogP contribution in [0, 0.1) is 19.7 Å². The lowest BCUT2D eigenvalue weighted by Gasteiger charge is -2.10. The highest BCUT2D eigenvalue weighted by Gasteiger charge is 2.12. The minimum absolute atomic E-state index is 0.0994. The predicted octanol–water partition coefficient (Wildman–Crippen LogP) is 4.97. The van der Waals surface area contributed by atoms with Crippen molar-refractivity contribution in [3.8, 4) is 11.1 Å². The standard InChI is InChI=1S/C16H14ClFO/c1-9-6-10(2)16(15(18)7-9)12-4-5-13(11(3)19)14(17)8-12/h4-8H,1-3H3. The largest absolute Gasteiger partial charge is 0.294 e. The van der Waals surface area contributed by atoms with Crippen LogP contribution in [0.15, 0.2) is 30.3 Å². The average Bonchev–Trinajstić information content (AvgIpc) is 2.26. The van der Waals surface area contributed by atoms with E-state index in [9.17, 15) is 9.18 Å². The molecule has 3 heteroatoms. The molecule has 98 valence electrons. The molecule has 2 aromatic rings. The number of aryl methyl sites for hydroxylation is 2. The van der Waals surface area contributed by atoms with Crippen LogP contribution in [0.5, 0.6) is 0 Å². The summed E-state index contributed by atoms with van der Waals surface area (Å²) >= 11 is 6.07. The lowest BCUT2D eigenvalue weighted by atomic mass is 9.96. The number of benzene rings is 2. The lowest BCUT2D eigenvalue weighted by molar-refractivity contribution is 0.101. The van der Waals surface area contributed by atoms with Crippen LogP contribution in [0.2, 0.25) is 5.02 Å². The molecule has 0 atom stereocenters. The van der Waals surface area contributed by atoms with Gasteiger partial charge in [-0.3, -0.25) is 4.79 Å². The predicted molar refractivity (Wildman–Crippen MR) is 76.3 cm³/mol. The fourth-order valence-electron chi connectivity index (χ4n) is 2.24. The van der Waals surface area contributed by atoms with E-state index in [1.54, 1.807) is 18.2 Å². The molecule has 0 amide bonds. The molecule has 2 rings (SSSR count). The highest BCUT2D eigenvalue weighted by molar-refractivity contribution is 6.34. The summed E-state index contributed by atoms with van der Waals surface area (Å²) in [6, 6.07) is 8.42. The third kappa shape index (κ3) is 2.69. The highest BCUT2D eigenvalue weighted by atomic mass is 35.5. The maximum Gasteiger partial charge on any atom is 0.161 e. The van der Waals surface area contributed by atoms with Crippen molar-refractivity contribution in [3.63, 3.8) is 0 Å². The topological polar surface area (TPSA) is 17.1 Å². The van der Waals surface area contributed by atoms with Crippen molar-refractivity contribution in [3.05, 3.63) is 57.9 Å². The number of ketones is 1. The molecular weight excluding hydrogens is 263 g/mol. The number of carbonyl (C=O) groups excluding carboxylic acids is 1. The fourth-order valence-corrected chi connectivity index (χ4v) is 2.55. The molecule has 0 N–H and O–H groups in total. The van der Waals surface area contributed by atoms with Gasteiger partial charge in [-0.15, -0.1) is 0 Å². The van der Waals surface area contributed by atoms with Crippen molar-refractivity contribution in [1.29, 1.82) is 0 Å². The minimum Gasteiger partial charge on any atom is -0.294 e. The Morgan fingerprint density at radius 3 is 2.37 bits per heavy atom. The van der Waals surface area contributed by atoms with E-state index < -0.39 is 0 Å². The maximum absolute atomic E-state index is 14.1. The SMILES string of the molecule is CC(=O)c1ccc(-c2c(C)cc(C)cc2F)cc1Cl. The van der Waals surface area contributed by atoms with Gasteiger partial charge in [-0.2, -0.15) is 0 Å². The van der Waals surface area contributed by atoms with Crippen molar-refractivity contribution in [2.24, 2.45) is 0 Å². The molecule has 0 fully saturated rings. The number of rotatable bonds is 2. The van der Waals surface area contributed by atoms with Crippen LogP contribution in [0.3, 0.4) is 0 Å². The average molecular weight is 277 g/mol. The molecule has 0 bridgehead atoms. The normalized spacial score (nSPS) is 10.6. The Labute approximate surface area is 117 Å². The lowest BCUT2D eigenvalue weighted by Crippen LogP contribution is -1.95. The second-order valence-electron chi connectivity index (χ2n) is 4.69. The molecule has 19 heavy (non-hydrogen) atoms. The second-order valence-corrected chi connectivity index (χ2v) is 5.10. The molecule has 0 aliphatic carbocycles. The summed E-state index contributed by atoms with van der Waals surface area (Å²) < 4.78 is 14.1. The van der Waals surface area contributed by atoms with E-state index in [0.717, 1.165) is 11.1 Å². The molecule has 0 saturated heterocycles. The molecule has 0 saturated carbocycles. The van der Waals surface area contributed by atoms with Crippen LogP contribution in [-0.2, 0) is 0 Å². The molecule has 0 spiro atoms. The summed E-state index contributed by atoms with van der Waals surface area (Å²) in [5.74, 6) is -0.373. The summed E-state index contributed by atoms with van der Waals surface area (Å²) in [6.07, 6.45) is 0. The molecule has 2 aromatic carbocycles. The van der Waals surface area contributed by atoms with Gasteiger partial charge < -0.3 is 0 Å². The molecule has 0 aliphatic heterocycles.